The van der Waals surface area contributed by atoms with Gasteiger partial charge in [0.15, 0.2) is 6.29 Å². The van der Waals surface area contributed by atoms with Crippen LogP contribution in [-0.4, -0.2) is 22.6 Å². The minimum atomic E-state index is -5.32. The molecule has 0 aliphatic carbocycles. The molecule has 104 valence electrons. The van der Waals surface area contributed by atoms with E-state index in [9.17, 15) is 36.9 Å². The van der Waals surface area contributed by atoms with Gasteiger partial charge in [-0.15, -0.1) is 13.2 Å². The van der Waals surface area contributed by atoms with Crippen LogP contribution in [-0.2, 0) is 0 Å². The van der Waals surface area contributed by atoms with E-state index in [4.69, 9.17) is 0 Å². The SMILES string of the molecule is O=Cc1nc([N+](=O)[O-])c(OC(F)(F)F)cc1C(F)F. The van der Waals surface area contributed by atoms with Crippen molar-refractivity contribution in [2.45, 2.75) is 12.8 Å². The molecule has 0 aliphatic rings. The van der Waals surface area contributed by atoms with Crippen molar-refractivity contribution in [3.63, 3.8) is 0 Å². The molecule has 11 heteroatoms. The van der Waals surface area contributed by atoms with Crippen LogP contribution in [0.25, 0.3) is 0 Å². The number of halogens is 5. The molecule has 0 atom stereocenters. The maximum absolute atomic E-state index is 12.5. The first-order valence-corrected chi connectivity index (χ1v) is 4.34. The molecule has 0 bridgehead atoms. The van der Waals surface area contributed by atoms with Crippen molar-refractivity contribution in [3.8, 4) is 5.75 Å². The second-order valence-electron chi connectivity index (χ2n) is 3.01. The molecule has 1 aromatic rings. The highest BCUT2D eigenvalue weighted by molar-refractivity contribution is 5.76. The van der Waals surface area contributed by atoms with Crippen LogP contribution in [0.4, 0.5) is 27.8 Å². The van der Waals surface area contributed by atoms with E-state index in [0.717, 1.165) is 0 Å². The maximum Gasteiger partial charge on any atom is 0.573 e. The third kappa shape index (κ3) is 3.56. The Morgan fingerprint density at radius 2 is 2.00 bits per heavy atom. The lowest BCUT2D eigenvalue weighted by Gasteiger charge is -2.10. The zero-order valence-corrected chi connectivity index (χ0v) is 8.65. The predicted molar refractivity (Wildman–Crippen MR) is 47.9 cm³/mol. The van der Waals surface area contributed by atoms with E-state index in [1.54, 1.807) is 0 Å². The molecule has 6 nitrogen and oxygen atoms in total. The van der Waals surface area contributed by atoms with Gasteiger partial charge in [-0.2, -0.15) is 0 Å². The second-order valence-corrected chi connectivity index (χ2v) is 3.01. The van der Waals surface area contributed by atoms with Gasteiger partial charge in [-0.3, -0.25) is 4.79 Å². The smallest absolute Gasteiger partial charge is 0.397 e. The minimum Gasteiger partial charge on any atom is -0.397 e. The van der Waals surface area contributed by atoms with Crippen molar-refractivity contribution < 1.29 is 36.4 Å². The zero-order chi connectivity index (χ0) is 14.8. The van der Waals surface area contributed by atoms with Crippen molar-refractivity contribution in [2.75, 3.05) is 0 Å². The summed E-state index contributed by atoms with van der Waals surface area (Å²) in [5, 5.41) is 10.4. The molecular weight excluding hydrogens is 283 g/mol. The van der Waals surface area contributed by atoms with E-state index < -0.39 is 40.5 Å². The Kier molecular flexibility index (Phi) is 3.97. The zero-order valence-electron chi connectivity index (χ0n) is 8.65. The molecule has 0 unspecified atom stereocenters. The fourth-order valence-corrected chi connectivity index (χ4v) is 1.11. The van der Waals surface area contributed by atoms with E-state index >= 15 is 0 Å². The van der Waals surface area contributed by atoms with E-state index in [2.05, 4.69) is 9.72 Å². The molecule has 0 saturated heterocycles. The monoisotopic (exact) mass is 286 g/mol. The lowest BCUT2D eigenvalue weighted by Crippen LogP contribution is -2.19. The fraction of sp³-hybridized carbons (Fsp3) is 0.250. The molecular formula is C8H3F5N2O4. The standard InChI is InChI=1S/C8H3F5N2O4/c9-6(10)3-1-5(19-8(11,12)13)7(15(17)18)14-4(3)2-16/h1-2,6H. The molecule has 0 saturated carbocycles. The number of hydrogen-bond acceptors (Lipinski definition) is 5. The first-order chi connectivity index (χ1) is 8.65. The summed E-state index contributed by atoms with van der Waals surface area (Å²) in [5.74, 6) is -3.00. The van der Waals surface area contributed by atoms with Gasteiger partial charge in [-0.1, -0.05) is 0 Å². The highest BCUT2D eigenvalue weighted by Gasteiger charge is 2.37. The quantitative estimate of drug-likeness (QED) is 0.368. The summed E-state index contributed by atoms with van der Waals surface area (Å²) in [6.45, 7) is 0. The van der Waals surface area contributed by atoms with E-state index in [1.807, 2.05) is 0 Å². The summed E-state index contributed by atoms with van der Waals surface area (Å²) >= 11 is 0. The number of ether oxygens (including phenoxy) is 1. The van der Waals surface area contributed by atoms with Crippen LogP contribution in [0.2, 0.25) is 0 Å². The number of carbonyl (C=O) groups excluding carboxylic acids is 1. The third-order valence-electron chi connectivity index (χ3n) is 1.77. The van der Waals surface area contributed by atoms with Crippen LogP contribution in [0.15, 0.2) is 6.07 Å². The van der Waals surface area contributed by atoms with Crippen molar-refractivity contribution in [2.24, 2.45) is 0 Å². The van der Waals surface area contributed by atoms with Gasteiger partial charge in [0.1, 0.15) is 0 Å². The Balaban J connectivity index is 3.45. The summed E-state index contributed by atoms with van der Waals surface area (Å²) in [4.78, 5) is 22.3. The lowest BCUT2D eigenvalue weighted by molar-refractivity contribution is -0.393. The Bertz CT molecular complexity index is 517. The van der Waals surface area contributed by atoms with Gasteiger partial charge >= 0.3 is 12.2 Å². The van der Waals surface area contributed by atoms with Crippen LogP contribution in [0.3, 0.4) is 0 Å². The molecule has 0 fully saturated rings. The number of hydrogen-bond donors (Lipinski definition) is 0. The van der Waals surface area contributed by atoms with Crippen molar-refractivity contribution in [1.29, 1.82) is 0 Å². The minimum absolute atomic E-state index is 0.0625. The Labute approximate surface area is 101 Å². The van der Waals surface area contributed by atoms with Gasteiger partial charge in [0.2, 0.25) is 11.4 Å². The first kappa shape index (κ1) is 14.7. The summed E-state index contributed by atoms with van der Waals surface area (Å²) in [5.41, 5.74) is -2.23. The topological polar surface area (TPSA) is 82.3 Å². The summed E-state index contributed by atoms with van der Waals surface area (Å²) in [6.07, 6.45) is -8.90. The average Bonchev–Trinajstić information content (AvgIpc) is 2.25. The van der Waals surface area contributed by atoms with Gasteiger partial charge in [-0.25, -0.2) is 8.78 Å². The van der Waals surface area contributed by atoms with Gasteiger partial charge in [0.25, 0.3) is 6.43 Å². The number of alkyl halides is 5. The molecule has 0 aromatic carbocycles. The van der Waals surface area contributed by atoms with E-state index in [0.29, 0.717) is 0 Å². The number of nitrogens with zero attached hydrogens (tertiary/aromatic N) is 2. The van der Waals surface area contributed by atoms with Crippen LogP contribution in [0.1, 0.15) is 22.5 Å². The summed E-state index contributed by atoms with van der Waals surface area (Å²) in [7, 11) is 0. The number of aldehydes is 1. The second kappa shape index (κ2) is 5.12. The van der Waals surface area contributed by atoms with E-state index in [-0.39, 0.29) is 12.4 Å². The number of carbonyl (C=O) groups is 1. The van der Waals surface area contributed by atoms with Crippen molar-refractivity contribution in [1.82, 2.24) is 4.98 Å². The molecule has 0 spiro atoms. The van der Waals surface area contributed by atoms with E-state index in [1.165, 1.54) is 0 Å². The van der Waals surface area contributed by atoms with Crippen LogP contribution in [0.5, 0.6) is 5.75 Å². The normalized spacial score (nSPS) is 11.5. The molecule has 1 rings (SSSR count). The fourth-order valence-electron chi connectivity index (χ4n) is 1.11. The molecule has 0 radical (unpaired) electrons. The number of pyridine rings is 1. The molecule has 0 amide bonds. The van der Waals surface area contributed by atoms with Crippen LogP contribution >= 0.6 is 0 Å². The van der Waals surface area contributed by atoms with Gasteiger partial charge in [0, 0.05) is 6.07 Å². The van der Waals surface area contributed by atoms with Crippen molar-refractivity contribution >= 4 is 12.1 Å². The molecule has 1 heterocycles. The number of rotatable bonds is 4. The lowest BCUT2D eigenvalue weighted by atomic mass is 10.2. The largest absolute Gasteiger partial charge is 0.573 e. The van der Waals surface area contributed by atoms with Gasteiger partial charge in [-0.05, 0) is 9.91 Å². The van der Waals surface area contributed by atoms with Crippen molar-refractivity contribution in [3.05, 3.63) is 27.4 Å². The Morgan fingerprint density at radius 1 is 1.42 bits per heavy atom. The van der Waals surface area contributed by atoms with Crippen LogP contribution in [0, 0.1) is 10.1 Å². The Hall–Kier alpha value is -2.33. The summed E-state index contributed by atoms with van der Waals surface area (Å²) in [6, 6.07) is 0.0625. The molecule has 0 N–H and O–H groups in total. The molecule has 0 aliphatic heterocycles. The third-order valence-corrected chi connectivity index (χ3v) is 1.77. The number of nitro groups is 1. The highest BCUT2D eigenvalue weighted by atomic mass is 19.4. The number of aromatic nitrogens is 1. The highest BCUT2D eigenvalue weighted by Crippen LogP contribution is 2.34. The molecule has 1 aromatic heterocycles. The molecule has 19 heavy (non-hydrogen) atoms. The average molecular weight is 286 g/mol. The first-order valence-electron chi connectivity index (χ1n) is 4.34. The Morgan fingerprint density at radius 3 is 2.37 bits per heavy atom. The van der Waals surface area contributed by atoms with Gasteiger partial charge < -0.3 is 14.9 Å². The van der Waals surface area contributed by atoms with Crippen LogP contribution < -0.4 is 4.74 Å². The summed E-state index contributed by atoms with van der Waals surface area (Å²) < 4.78 is 64.1. The van der Waals surface area contributed by atoms with Gasteiger partial charge in [0.05, 0.1) is 5.56 Å². The maximum atomic E-state index is 12.5. The predicted octanol–water partition coefficient (Wildman–Crippen LogP) is 2.64.